The Morgan fingerprint density at radius 1 is 1.41 bits per heavy atom. The molecule has 0 amide bonds. The van der Waals surface area contributed by atoms with Gasteiger partial charge in [-0.2, -0.15) is 0 Å². The number of halogens is 1. The Bertz CT molecular complexity index is 601. The summed E-state index contributed by atoms with van der Waals surface area (Å²) in [4.78, 5) is 11.8. The van der Waals surface area contributed by atoms with Crippen LogP contribution in [-0.4, -0.2) is 11.0 Å². The number of fused-ring (bicyclic) bond motifs is 1. The molecule has 17 heavy (non-hydrogen) atoms. The van der Waals surface area contributed by atoms with Crippen molar-refractivity contribution in [2.45, 2.75) is 19.8 Å². The summed E-state index contributed by atoms with van der Waals surface area (Å²) in [6, 6.07) is 4.79. The van der Waals surface area contributed by atoms with Gasteiger partial charge in [-0.15, -0.1) is 11.6 Å². The third-order valence-corrected chi connectivity index (χ3v) is 3.10. The number of aryl methyl sites for hydroxylation is 1. The molecule has 0 fully saturated rings. The van der Waals surface area contributed by atoms with Crippen LogP contribution in [0, 0.1) is 6.92 Å². The average molecular weight is 253 g/mol. The van der Waals surface area contributed by atoms with E-state index in [1.165, 1.54) is 6.07 Å². The molecule has 0 atom stereocenters. The predicted molar refractivity (Wildman–Crippen MR) is 67.9 cm³/mol. The van der Waals surface area contributed by atoms with E-state index in [2.05, 4.69) is 0 Å². The summed E-state index contributed by atoms with van der Waals surface area (Å²) in [6.45, 7) is 1.89. The molecule has 1 N–H and O–H groups in total. The molecule has 0 spiro atoms. The van der Waals surface area contributed by atoms with Gasteiger partial charge in [0.15, 0.2) is 0 Å². The SMILES string of the molecule is Cc1c(CCCCl)c(=O)oc2cc(O)ccc12. The van der Waals surface area contributed by atoms with E-state index in [-0.39, 0.29) is 11.4 Å². The largest absolute Gasteiger partial charge is 0.508 e. The van der Waals surface area contributed by atoms with Crippen molar-refractivity contribution in [3.63, 3.8) is 0 Å². The van der Waals surface area contributed by atoms with Crippen molar-refractivity contribution in [1.29, 1.82) is 0 Å². The molecule has 3 nitrogen and oxygen atoms in total. The molecule has 2 rings (SSSR count). The van der Waals surface area contributed by atoms with Crippen molar-refractivity contribution in [2.24, 2.45) is 0 Å². The summed E-state index contributed by atoms with van der Waals surface area (Å²) in [5.41, 5.74) is 1.65. The lowest BCUT2D eigenvalue weighted by atomic mass is 10.0. The highest BCUT2D eigenvalue weighted by atomic mass is 35.5. The minimum Gasteiger partial charge on any atom is -0.508 e. The fraction of sp³-hybridized carbons (Fsp3) is 0.308. The Balaban J connectivity index is 2.63. The third-order valence-electron chi connectivity index (χ3n) is 2.83. The molecule has 0 unspecified atom stereocenters. The molecule has 0 bridgehead atoms. The van der Waals surface area contributed by atoms with Crippen molar-refractivity contribution in [3.05, 3.63) is 39.7 Å². The summed E-state index contributed by atoms with van der Waals surface area (Å²) < 4.78 is 5.19. The van der Waals surface area contributed by atoms with Gasteiger partial charge in [0.05, 0.1) is 0 Å². The number of benzene rings is 1. The molecule has 0 aliphatic heterocycles. The molecule has 1 aromatic heterocycles. The first kappa shape index (κ1) is 12.0. The van der Waals surface area contributed by atoms with Gasteiger partial charge in [0.1, 0.15) is 11.3 Å². The van der Waals surface area contributed by atoms with Gasteiger partial charge in [-0.25, -0.2) is 4.79 Å². The van der Waals surface area contributed by atoms with Gasteiger partial charge in [0.25, 0.3) is 0 Å². The van der Waals surface area contributed by atoms with E-state index in [4.69, 9.17) is 16.0 Å². The second kappa shape index (κ2) is 4.80. The maximum atomic E-state index is 11.8. The number of phenols is 1. The number of hydrogen-bond donors (Lipinski definition) is 1. The average Bonchev–Trinajstić information content (AvgIpc) is 2.28. The second-order valence-electron chi connectivity index (χ2n) is 3.97. The first-order valence-electron chi connectivity index (χ1n) is 5.44. The van der Waals surface area contributed by atoms with Crippen LogP contribution in [0.5, 0.6) is 5.75 Å². The lowest BCUT2D eigenvalue weighted by Crippen LogP contribution is -2.10. The van der Waals surface area contributed by atoms with E-state index in [0.717, 1.165) is 17.4 Å². The fourth-order valence-electron chi connectivity index (χ4n) is 1.92. The van der Waals surface area contributed by atoms with Gasteiger partial charge < -0.3 is 9.52 Å². The smallest absolute Gasteiger partial charge is 0.339 e. The van der Waals surface area contributed by atoms with Crippen LogP contribution in [0.3, 0.4) is 0 Å². The van der Waals surface area contributed by atoms with Crippen molar-refractivity contribution in [3.8, 4) is 5.75 Å². The summed E-state index contributed by atoms with van der Waals surface area (Å²) in [7, 11) is 0. The van der Waals surface area contributed by atoms with Gasteiger partial charge in [-0.05, 0) is 37.5 Å². The van der Waals surface area contributed by atoms with Gasteiger partial charge in [0.2, 0.25) is 0 Å². The molecule has 0 aliphatic rings. The third kappa shape index (κ3) is 2.29. The van der Waals surface area contributed by atoms with Crippen LogP contribution in [0.25, 0.3) is 11.0 Å². The summed E-state index contributed by atoms with van der Waals surface area (Å²) in [6.07, 6.45) is 1.37. The van der Waals surface area contributed by atoms with Gasteiger partial charge in [0, 0.05) is 22.9 Å². The van der Waals surface area contributed by atoms with Crippen LogP contribution in [0.15, 0.2) is 27.4 Å². The molecule has 0 saturated heterocycles. The van der Waals surface area contributed by atoms with Crippen LogP contribution in [-0.2, 0) is 6.42 Å². The number of aromatic hydroxyl groups is 1. The van der Waals surface area contributed by atoms with E-state index < -0.39 is 0 Å². The molecule has 0 aliphatic carbocycles. The van der Waals surface area contributed by atoms with Crippen molar-refractivity contribution < 1.29 is 9.52 Å². The Morgan fingerprint density at radius 3 is 2.88 bits per heavy atom. The van der Waals surface area contributed by atoms with Gasteiger partial charge in [-0.1, -0.05) is 0 Å². The predicted octanol–water partition coefficient (Wildman–Crippen LogP) is 2.98. The molecule has 2 aromatic rings. The Labute approximate surface area is 104 Å². The maximum Gasteiger partial charge on any atom is 0.339 e. The van der Waals surface area contributed by atoms with Crippen molar-refractivity contribution >= 4 is 22.6 Å². The summed E-state index contributed by atoms with van der Waals surface area (Å²) >= 11 is 5.63. The van der Waals surface area contributed by atoms with Crippen LogP contribution >= 0.6 is 11.6 Å². The minimum atomic E-state index is -0.342. The molecule has 1 aromatic carbocycles. The molecule has 0 radical (unpaired) electrons. The van der Waals surface area contributed by atoms with E-state index in [9.17, 15) is 9.90 Å². The van der Waals surface area contributed by atoms with Gasteiger partial charge >= 0.3 is 5.63 Å². The minimum absolute atomic E-state index is 0.0913. The standard InChI is InChI=1S/C13H13ClO3/c1-8-10-5-4-9(15)7-12(10)17-13(16)11(8)3-2-6-14/h4-5,7,15H,2-3,6H2,1H3. The molecule has 0 saturated carbocycles. The monoisotopic (exact) mass is 252 g/mol. The topological polar surface area (TPSA) is 50.4 Å². The van der Waals surface area contributed by atoms with Crippen LogP contribution in [0.1, 0.15) is 17.5 Å². The second-order valence-corrected chi connectivity index (χ2v) is 4.34. The van der Waals surface area contributed by atoms with E-state index in [1.807, 2.05) is 6.92 Å². The van der Waals surface area contributed by atoms with Crippen molar-refractivity contribution in [1.82, 2.24) is 0 Å². The highest BCUT2D eigenvalue weighted by molar-refractivity contribution is 6.17. The molecule has 1 heterocycles. The first-order valence-corrected chi connectivity index (χ1v) is 5.98. The van der Waals surface area contributed by atoms with Gasteiger partial charge in [-0.3, -0.25) is 0 Å². The summed E-state index contributed by atoms with van der Waals surface area (Å²) in [5.74, 6) is 0.612. The lowest BCUT2D eigenvalue weighted by Gasteiger charge is -2.06. The zero-order valence-electron chi connectivity index (χ0n) is 9.50. The zero-order valence-corrected chi connectivity index (χ0v) is 10.3. The maximum absolute atomic E-state index is 11.8. The highest BCUT2D eigenvalue weighted by Crippen LogP contribution is 2.23. The summed E-state index contributed by atoms with van der Waals surface area (Å²) in [5, 5.41) is 10.2. The Morgan fingerprint density at radius 2 is 2.18 bits per heavy atom. The van der Waals surface area contributed by atoms with E-state index >= 15 is 0 Å². The quantitative estimate of drug-likeness (QED) is 0.675. The number of alkyl halides is 1. The van der Waals surface area contributed by atoms with E-state index in [0.29, 0.717) is 23.4 Å². The number of rotatable bonds is 3. The first-order chi connectivity index (χ1) is 8.13. The van der Waals surface area contributed by atoms with Crippen molar-refractivity contribution in [2.75, 3.05) is 5.88 Å². The van der Waals surface area contributed by atoms with Crippen LogP contribution in [0.4, 0.5) is 0 Å². The highest BCUT2D eigenvalue weighted by Gasteiger charge is 2.11. The van der Waals surface area contributed by atoms with E-state index in [1.54, 1.807) is 12.1 Å². The zero-order chi connectivity index (χ0) is 12.4. The number of phenolic OH excluding ortho intramolecular Hbond substituents is 1. The molecule has 90 valence electrons. The van der Waals surface area contributed by atoms with Crippen LogP contribution < -0.4 is 5.63 Å². The Kier molecular flexibility index (Phi) is 3.38. The normalized spacial score (nSPS) is 10.9. The fourth-order valence-corrected chi connectivity index (χ4v) is 2.05. The van der Waals surface area contributed by atoms with Crippen LogP contribution in [0.2, 0.25) is 0 Å². The number of hydrogen-bond acceptors (Lipinski definition) is 3. The molecular formula is C13H13ClO3. The molecular weight excluding hydrogens is 240 g/mol. The lowest BCUT2D eigenvalue weighted by molar-refractivity contribution is 0.472. The molecule has 4 heteroatoms. The Hall–Kier alpha value is -1.48.